The highest BCUT2D eigenvalue weighted by Crippen LogP contribution is 2.29. The van der Waals surface area contributed by atoms with Gasteiger partial charge in [0.1, 0.15) is 0 Å². The summed E-state index contributed by atoms with van der Waals surface area (Å²) in [5.74, 6) is 2.39. The molecule has 2 unspecified atom stereocenters. The molecule has 2 atom stereocenters. The summed E-state index contributed by atoms with van der Waals surface area (Å²) in [6, 6.07) is 9.00. The molecule has 28 heavy (non-hydrogen) atoms. The lowest BCUT2D eigenvalue weighted by Gasteiger charge is -2.18. The van der Waals surface area contributed by atoms with Gasteiger partial charge in [-0.2, -0.15) is 11.8 Å². The maximum Gasteiger partial charge on any atom is 0.222 e. The van der Waals surface area contributed by atoms with Crippen molar-refractivity contribution in [2.75, 3.05) is 18.8 Å². The first kappa shape index (κ1) is 21.0. The number of thioether (sulfide) groups is 1. The number of nitrogens with zero attached hydrogens (tertiary/aromatic N) is 2. The second kappa shape index (κ2) is 10.7. The zero-order valence-corrected chi connectivity index (χ0v) is 18.1. The molecule has 2 aliphatic rings. The number of hydrogen-bond donors (Lipinski definition) is 2. The quantitative estimate of drug-likeness (QED) is 0.516. The molecule has 0 spiro atoms. The number of amides is 1. The molecule has 1 aliphatic heterocycles. The van der Waals surface area contributed by atoms with Crippen LogP contribution in [0.1, 0.15) is 57.1 Å². The minimum Gasteiger partial charge on any atom is -0.357 e. The van der Waals surface area contributed by atoms with Crippen LogP contribution in [0.5, 0.6) is 0 Å². The lowest BCUT2D eigenvalue weighted by atomic mass is 10.1. The number of carbonyl (C=O) groups is 1. The molecule has 5 nitrogen and oxygen atoms in total. The number of nitrogens with one attached hydrogen (secondary N) is 2. The number of rotatable bonds is 8. The molecule has 1 aromatic carbocycles. The van der Waals surface area contributed by atoms with Crippen LogP contribution in [0.3, 0.4) is 0 Å². The zero-order chi connectivity index (χ0) is 19.8. The van der Waals surface area contributed by atoms with Gasteiger partial charge in [-0.3, -0.25) is 4.79 Å². The number of benzene rings is 1. The molecule has 1 heterocycles. The second-order valence-electron chi connectivity index (χ2n) is 7.67. The van der Waals surface area contributed by atoms with Crippen molar-refractivity contribution in [2.45, 2.75) is 70.3 Å². The van der Waals surface area contributed by atoms with E-state index in [9.17, 15) is 4.79 Å². The molecule has 1 aromatic rings. The topological polar surface area (TPSA) is 56.7 Å². The third kappa shape index (κ3) is 6.16. The molecule has 0 aromatic heterocycles. The van der Waals surface area contributed by atoms with Gasteiger partial charge in [-0.15, -0.1) is 0 Å². The van der Waals surface area contributed by atoms with Gasteiger partial charge in [-0.1, -0.05) is 31.2 Å². The second-order valence-corrected chi connectivity index (χ2v) is 9.24. The van der Waals surface area contributed by atoms with E-state index < -0.39 is 0 Å². The molecular weight excluding hydrogens is 368 g/mol. The average molecular weight is 403 g/mol. The van der Waals surface area contributed by atoms with Crippen molar-refractivity contribution in [3.8, 4) is 0 Å². The lowest BCUT2D eigenvalue weighted by Crippen LogP contribution is -2.42. The normalized spacial score (nSPS) is 22.7. The summed E-state index contributed by atoms with van der Waals surface area (Å²) >= 11 is 2.08. The van der Waals surface area contributed by atoms with E-state index in [2.05, 4.69) is 60.5 Å². The van der Waals surface area contributed by atoms with Crippen molar-refractivity contribution < 1.29 is 4.79 Å². The third-order valence-corrected chi connectivity index (χ3v) is 6.66. The van der Waals surface area contributed by atoms with Crippen molar-refractivity contribution in [1.29, 1.82) is 0 Å². The molecule has 1 saturated carbocycles. The van der Waals surface area contributed by atoms with E-state index >= 15 is 0 Å². The van der Waals surface area contributed by atoms with Crippen LogP contribution < -0.4 is 10.6 Å². The fourth-order valence-corrected chi connectivity index (χ4v) is 5.20. The molecule has 2 fully saturated rings. The third-order valence-electron chi connectivity index (χ3n) is 5.43. The largest absolute Gasteiger partial charge is 0.357 e. The number of likely N-dealkylation sites (tertiary alicyclic amines) is 1. The Morgan fingerprint density at radius 1 is 1.29 bits per heavy atom. The van der Waals surface area contributed by atoms with Gasteiger partial charge >= 0.3 is 0 Å². The molecule has 0 radical (unpaired) electrons. The van der Waals surface area contributed by atoms with Crippen LogP contribution in [0, 0.1) is 0 Å². The molecular formula is C22H34N4OS. The first-order chi connectivity index (χ1) is 13.7. The Morgan fingerprint density at radius 2 is 2.14 bits per heavy atom. The van der Waals surface area contributed by atoms with Crippen LogP contribution in [-0.2, 0) is 17.9 Å². The summed E-state index contributed by atoms with van der Waals surface area (Å²) in [5, 5.41) is 7.80. The maximum atomic E-state index is 11.9. The Bertz CT molecular complexity index is 678. The fourth-order valence-electron chi connectivity index (χ4n) is 4.06. The van der Waals surface area contributed by atoms with E-state index in [4.69, 9.17) is 4.99 Å². The van der Waals surface area contributed by atoms with Gasteiger partial charge in [0.2, 0.25) is 5.91 Å². The van der Waals surface area contributed by atoms with Crippen molar-refractivity contribution in [2.24, 2.45) is 4.99 Å². The van der Waals surface area contributed by atoms with Crippen LogP contribution >= 0.6 is 11.8 Å². The molecule has 154 valence electrons. The minimum absolute atomic E-state index is 0.276. The monoisotopic (exact) mass is 402 g/mol. The summed E-state index contributed by atoms with van der Waals surface area (Å²) in [4.78, 5) is 18.6. The van der Waals surface area contributed by atoms with Crippen LogP contribution in [0.15, 0.2) is 29.3 Å². The molecule has 1 saturated heterocycles. The van der Waals surface area contributed by atoms with E-state index in [1.807, 2.05) is 4.90 Å². The lowest BCUT2D eigenvalue weighted by molar-refractivity contribution is -0.128. The smallest absolute Gasteiger partial charge is 0.222 e. The van der Waals surface area contributed by atoms with Gasteiger partial charge in [0.15, 0.2) is 5.96 Å². The van der Waals surface area contributed by atoms with E-state index in [-0.39, 0.29) is 5.91 Å². The summed E-state index contributed by atoms with van der Waals surface area (Å²) in [7, 11) is 0. The average Bonchev–Trinajstić information content (AvgIpc) is 3.30. The summed E-state index contributed by atoms with van der Waals surface area (Å²) in [5.41, 5.74) is 2.38. The van der Waals surface area contributed by atoms with Gasteiger partial charge in [-0.05, 0) is 49.5 Å². The standard InChI is InChI=1S/C22H34N4OS/c1-3-23-22(25-19-10-11-20(14-19)28-4-2)24-15-17-7-5-8-18(13-17)16-26-12-6-9-21(26)27/h5,7-8,13,19-20H,3-4,6,9-12,14-16H2,1-2H3,(H2,23,24,25). The zero-order valence-electron chi connectivity index (χ0n) is 17.2. The number of guanidine groups is 1. The van der Waals surface area contributed by atoms with E-state index in [0.717, 1.165) is 30.7 Å². The van der Waals surface area contributed by atoms with Crippen LogP contribution in [-0.4, -0.2) is 46.9 Å². The van der Waals surface area contributed by atoms with E-state index in [0.29, 0.717) is 25.6 Å². The van der Waals surface area contributed by atoms with Gasteiger partial charge < -0.3 is 15.5 Å². The van der Waals surface area contributed by atoms with Crippen LogP contribution in [0.25, 0.3) is 0 Å². The van der Waals surface area contributed by atoms with Gasteiger partial charge in [0.05, 0.1) is 6.54 Å². The first-order valence-corrected chi connectivity index (χ1v) is 11.7. The molecule has 0 bridgehead atoms. The predicted octanol–water partition coefficient (Wildman–Crippen LogP) is 3.54. The molecule has 1 aliphatic carbocycles. The Labute approximate surface area is 173 Å². The Balaban J connectivity index is 1.56. The van der Waals surface area contributed by atoms with Crippen molar-refractivity contribution in [1.82, 2.24) is 15.5 Å². The molecule has 2 N–H and O–H groups in total. The highest BCUT2D eigenvalue weighted by atomic mass is 32.2. The predicted molar refractivity (Wildman–Crippen MR) is 119 cm³/mol. The molecule has 1 amide bonds. The Morgan fingerprint density at radius 3 is 2.89 bits per heavy atom. The highest BCUT2D eigenvalue weighted by Gasteiger charge is 2.25. The van der Waals surface area contributed by atoms with E-state index in [1.165, 1.54) is 36.1 Å². The van der Waals surface area contributed by atoms with Gasteiger partial charge in [-0.25, -0.2) is 4.99 Å². The fraction of sp³-hybridized carbons (Fsp3) is 0.636. The Kier molecular flexibility index (Phi) is 8.07. The molecule has 6 heteroatoms. The number of carbonyl (C=O) groups excluding carboxylic acids is 1. The Hall–Kier alpha value is -1.69. The minimum atomic E-state index is 0.276. The SMILES string of the molecule is CCNC(=NCc1cccc(CN2CCCC2=O)c1)NC1CCC(SCC)C1. The number of hydrogen-bond acceptors (Lipinski definition) is 3. The van der Waals surface area contributed by atoms with Gasteiger partial charge in [0, 0.05) is 37.3 Å². The van der Waals surface area contributed by atoms with E-state index in [1.54, 1.807) is 0 Å². The van der Waals surface area contributed by atoms with Crippen LogP contribution in [0.4, 0.5) is 0 Å². The summed E-state index contributed by atoms with van der Waals surface area (Å²) < 4.78 is 0. The van der Waals surface area contributed by atoms with Crippen molar-refractivity contribution in [3.05, 3.63) is 35.4 Å². The maximum absolute atomic E-state index is 11.9. The first-order valence-electron chi connectivity index (χ1n) is 10.7. The molecule has 3 rings (SSSR count). The highest BCUT2D eigenvalue weighted by molar-refractivity contribution is 7.99. The summed E-state index contributed by atoms with van der Waals surface area (Å²) in [6.07, 6.45) is 5.43. The van der Waals surface area contributed by atoms with Crippen molar-refractivity contribution >= 4 is 23.6 Å². The van der Waals surface area contributed by atoms with Gasteiger partial charge in [0.25, 0.3) is 0 Å². The van der Waals surface area contributed by atoms with Crippen LogP contribution in [0.2, 0.25) is 0 Å². The van der Waals surface area contributed by atoms with Crippen molar-refractivity contribution in [3.63, 3.8) is 0 Å². The summed E-state index contributed by atoms with van der Waals surface area (Å²) in [6.45, 7) is 7.46. The number of aliphatic imine (C=N–C) groups is 1.